The summed E-state index contributed by atoms with van der Waals surface area (Å²) >= 11 is 0. The summed E-state index contributed by atoms with van der Waals surface area (Å²) in [6, 6.07) is 6.90. The average molecular weight is 414 g/mol. The molecule has 1 aliphatic rings. The molecule has 1 fully saturated rings. The molecule has 8 heteroatoms. The van der Waals surface area contributed by atoms with Gasteiger partial charge in [0.15, 0.2) is 17.3 Å². The van der Waals surface area contributed by atoms with Gasteiger partial charge in [0.1, 0.15) is 0 Å². The van der Waals surface area contributed by atoms with Crippen molar-refractivity contribution in [2.45, 2.75) is 18.9 Å². The van der Waals surface area contributed by atoms with Gasteiger partial charge in [-0.3, -0.25) is 9.59 Å². The van der Waals surface area contributed by atoms with Crippen molar-refractivity contribution in [3.05, 3.63) is 47.9 Å². The van der Waals surface area contributed by atoms with Gasteiger partial charge in [-0.25, -0.2) is 0 Å². The molecule has 0 atom stereocenters. The fraction of sp³-hybridized carbons (Fsp3) is 0.364. The number of hydrogen-bond acceptors (Lipinski definition) is 6. The molecule has 0 bridgehead atoms. The van der Waals surface area contributed by atoms with Crippen molar-refractivity contribution in [2.75, 3.05) is 34.4 Å². The van der Waals surface area contributed by atoms with Crippen LogP contribution in [-0.2, 0) is 4.79 Å². The van der Waals surface area contributed by atoms with Crippen molar-refractivity contribution in [1.29, 1.82) is 0 Å². The first-order chi connectivity index (χ1) is 14.5. The molecule has 3 rings (SSSR count). The lowest BCUT2D eigenvalue weighted by Crippen LogP contribution is -2.46. The van der Waals surface area contributed by atoms with E-state index in [2.05, 4.69) is 5.32 Å². The van der Waals surface area contributed by atoms with Gasteiger partial charge < -0.3 is 28.8 Å². The number of carbonyl (C=O) groups is 2. The second-order valence-electron chi connectivity index (χ2n) is 6.84. The quantitative estimate of drug-likeness (QED) is 0.701. The van der Waals surface area contributed by atoms with E-state index in [1.807, 2.05) is 0 Å². The number of methoxy groups -OCH3 is 3. The number of amides is 2. The number of carbonyl (C=O) groups excluding carboxylic acids is 2. The monoisotopic (exact) mass is 414 g/mol. The fourth-order valence-corrected chi connectivity index (χ4v) is 3.40. The molecule has 0 aliphatic carbocycles. The summed E-state index contributed by atoms with van der Waals surface area (Å²) in [6.45, 7) is 1.14. The van der Waals surface area contributed by atoms with Crippen LogP contribution in [0.25, 0.3) is 6.08 Å². The predicted octanol–water partition coefficient (Wildman–Crippen LogP) is 2.74. The highest BCUT2D eigenvalue weighted by Gasteiger charge is 2.25. The summed E-state index contributed by atoms with van der Waals surface area (Å²) in [6.07, 6.45) is 6.03. The Hall–Kier alpha value is -3.42. The maximum atomic E-state index is 12.3. The minimum atomic E-state index is -0.195. The van der Waals surface area contributed by atoms with Gasteiger partial charge in [0.05, 0.1) is 27.6 Å². The standard InChI is InChI=1S/C22H26N2O6/c1-27-18-13-15(14-19(28-2)21(18)29-3)6-7-20(25)23-16-8-10-24(11-9-16)22(26)17-5-4-12-30-17/h4-7,12-14,16H,8-11H2,1-3H3,(H,23,25)/b7-6+. The maximum absolute atomic E-state index is 12.3. The molecule has 30 heavy (non-hydrogen) atoms. The maximum Gasteiger partial charge on any atom is 0.289 e. The van der Waals surface area contributed by atoms with Crippen LogP contribution in [0, 0.1) is 0 Å². The SMILES string of the molecule is COc1cc(/C=C/C(=O)NC2CCN(C(=O)c3ccco3)CC2)cc(OC)c1OC. The minimum absolute atomic E-state index is 0.0164. The molecule has 1 aromatic heterocycles. The highest BCUT2D eigenvalue weighted by atomic mass is 16.5. The Balaban J connectivity index is 1.55. The number of nitrogens with zero attached hydrogens (tertiary/aromatic N) is 1. The molecule has 2 aromatic rings. The number of hydrogen-bond donors (Lipinski definition) is 1. The number of ether oxygens (including phenoxy) is 3. The van der Waals surface area contributed by atoms with Crippen molar-refractivity contribution >= 4 is 17.9 Å². The van der Waals surface area contributed by atoms with Crippen LogP contribution in [0.15, 0.2) is 41.0 Å². The van der Waals surface area contributed by atoms with Crippen LogP contribution in [-0.4, -0.2) is 57.2 Å². The molecule has 1 N–H and O–H groups in total. The summed E-state index contributed by atoms with van der Waals surface area (Å²) in [5.41, 5.74) is 0.749. The van der Waals surface area contributed by atoms with Crippen LogP contribution < -0.4 is 19.5 Å². The normalized spacial score (nSPS) is 14.6. The summed E-state index contributed by atoms with van der Waals surface area (Å²) in [5, 5.41) is 2.99. The van der Waals surface area contributed by atoms with E-state index >= 15 is 0 Å². The first-order valence-corrected chi connectivity index (χ1v) is 9.67. The van der Waals surface area contributed by atoms with Crippen LogP contribution in [0.5, 0.6) is 17.2 Å². The molecule has 2 amide bonds. The number of rotatable bonds is 7. The molecule has 1 saturated heterocycles. The van der Waals surface area contributed by atoms with Gasteiger partial charge in [0.2, 0.25) is 11.7 Å². The third-order valence-electron chi connectivity index (χ3n) is 4.97. The van der Waals surface area contributed by atoms with Gasteiger partial charge in [-0.1, -0.05) is 0 Å². The smallest absolute Gasteiger partial charge is 0.289 e. The molecule has 2 heterocycles. The lowest BCUT2D eigenvalue weighted by atomic mass is 10.0. The topological polar surface area (TPSA) is 90.2 Å². The van der Waals surface area contributed by atoms with E-state index in [4.69, 9.17) is 18.6 Å². The molecule has 160 valence electrons. The Morgan fingerprint density at radius 2 is 1.77 bits per heavy atom. The molecule has 1 aliphatic heterocycles. The van der Waals surface area contributed by atoms with Crippen molar-refractivity contribution < 1.29 is 28.2 Å². The number of furan rings is 1. The van der Waals surface area contributed by atoms with Crippen LogP contribution in [0.3, 0.4) is 0 Å². The Kier molecular flexibility index (Phi) is 7.00. The molecular weight excluding hydrogens is 388 g/mol. The molecular formula is C22H26N2O6. The highest BCUT2D eigenvalue weighted by Crippen LogP contribution is 2.38. The van der Waals surface area contributed by atoms with E-state index < -0.39 is 0 Å². The van der Waals surface area contributed by atoms with Crippen molar-refractivity contribution in [3.63, 3.8) is 0 Å². The highest BCUT2D eigenvalue weighted by molar-refractivity contribution is 5.92. The lowest BCUT2D eigenvalue weighted by Gasteiger charge is -2.31. The van der Waals surface area contributed by atoms with Crippen LogP contribution in [0.2, 0.25) is 0 Å². The molecule has 8 nitrogen and oxygen atoms in total. The summed E-state index contributed by atoms with van der Waals surface area (Å²) in [7, 11) is 4.62. The van der Waals surface area contributed by atoms with E-state index in [0.717, 1.165) is 5.56 Å². The Morgan fingerprint density at radius 1 is 1.10 bits per heavy atom. The van der Waals surface area contributed by atoms with E-state index in [1.165, 1.54) is 19.4 Å². The summed E-state index contributed by atoms with van der Waals surface area (Å²) in [5.74, 6) is 1.56. The average Bonchev–Trinajstić information content (AvgIpc) is 3.31. The van der Waals surface area contributed by atoms with Crippen LogP contribution in [0.4, 0.5) is 0 Å². The van der Waals surface area contributed by atoms with Gasteiger partial charge >= 0.3 is 0 Å². The number of likely N-dealkylation sites (tertiary alicyclic amines) is 1. The molecule has 1 aromatic carbocycles. The van der Waals surface area contributed by atoms with Gasteiger partial charge in [0, 0.05) is 25.2 Å². The number of piperidine rings is 1. The van der Waals surface area contributed by atoms with E-state index in [0.29, 0.717) is 48.9 Å². The lowest BCUT2D eigenvalue weighted by molar-refractivity contribution is -0.117. The van der Waals surface area contributed by atoms with E-state index in [9.17, 15) is 9.59 Å². The predicted molar refractivity (Wildman–Crippen MR) is 111 cm³/mol. The third-order valence-corrected chi connectivity index (χ3v) is 4.97. The molecule has 0 spiro atoms. The molecule has 0 saturated carbocycles. The zero-order valence-corrected chi connectivity index (χ0v) is 17.3. The van der Waals surface area contributed by atoms with Crippen LogP contribution in [0.1, 0.15) is 29.0 Å². The summed E-state index contributed by atoms with van der Waals surface area (Å²) in [4.78, 5) is 26.4. The van der Waals surface area contributed by atoms with Gasteiger partial charge in [0.25, 0.3) is 5.91 Å². The van der Waals surface area contributed by atoms with Gasteiger partial charge in [-0.2, -0.15) is 0 Å². The zero-order chi connectivity index (χ0) is 21.5. The van der Waals surface area contributed by atoms with Gasteiger partial charge in [-0.15, -0.1) is 0 Å². The Labute approximate surface area is 175 Å². The van der Waals surface area contributed by atoms with Crippen molar-refractivity contribution in [2.24, 2.45) is 0 Å². The van der Waals surface area contributed by atoms with Gasteiger partial charge in [-0.05, 0) is 48.7 Å². The first-order valence-electron chi connectivity index (χ1n) is 9.67. The number of nitrogens with one attached hydrogen (secondary N) is 1. The Morgan fingerprint density at radius 3 is 2.30 bits per heavy atom. The molecule has 0 unspecified atom stereocenters. The van der Waals surface area contributed by atoms with Crippen molar-refractivity contribution in [1.82, 2.24) is 10.2 Å². The van der Waals surface area contributed by atoms with Crippen molar-refractivity contribution in [3.8, 4) is 17.2 Å². The minimum Gasteiger partial charge on any atom is -0.493 e. The largest absolute Gasteiger partial charge is 0.493 e. The molecule has 0 radical (unpaired) electrons. The fourth-order valence-electron chi connectivity index (χ4n) is 3.40. The van der Waals surface area contributed by atoms with E-state index in [-0.39, 0.29) is 17.9 Å². The summed E-state index contributed by atoms with van der Waals surface area (Å²) < 4.78 is 21.1. The van der Waals surface area contributed by atoms with E-state index in [1.54, 1.807) is 49.5 Å². The number of benzene rings is 1. The second-order valence-corrected chi connectivity index (χ2v) is 6.84. The zero-order valence-electron chi connectivity index (χ0n) is 17.3. The second kappa shape index (κ2) is 9.87. The Bertz CT molecular complexity index is 873. The first kappa shape index (κ1) is 21.3. The van der Waals surface area contributed by atoms with Crippen LogP contribution >= 0.6 is 0 Å². The third kappa shape index (κ3) is 4.94.